The fourth-order valence-electron chi connectivity index (χ4n) is 2.61. The summed E-state index contributed by atoms with van der Waals surface area (Å²) < 4.78 is 13.2. The van der Waals surface area contributed by atoms with Crippen molar-refractivity contribution in [2.45, 2.75) is 19.8 Å². The Morgan fingerprint density at radius 1 is 1.55 bits per heavy atom. The van der Waals surface area contributed by atoms with Gasteiger partial charge < -0.3 is 11.1 Å². The largest absolute Gasteiger partial charge is 0.330 e. The highest BCUT2D eigenvalue weighted by Crippen LogP contribution is 2.17. The maximum atomic E-state index is 13.2. The van der Waals surface area contributed by atoms with E-state index in [1.165, 1.54) is 12.1 Å². The summed E-state index contributed by atoms with van der Waals surface area (Å²) in [4.78, 5) is 14.1. The average Bonchev–Trinajstić information content (AvgIpc) is 2.43. The number of halogens is 1. The summed E-state index contributed by atoms with van der Waals surface area (Å²) in [5, 5.41) is 2.78. The lowest BCUT2D eigenvalue weighted by atomic mass is 9.98. The van der Waals surface area contributed by atoms with Crippen molar-refractivity contribution in [2.75, 3.05) is 31.5 Å². The van der Waals surface area contributed by atoms with Crippen LogP contribution in [0.5, 0.6) is 0 Å². The Hall–Kier alpha value is -1.46. The van der Waals surface area contributed by atoms with Gasteiger partial charge in [0, 0.05) is 12.2 Å². The predicted octanol–water partition coefficient (Wildman–Crippen LogP) is 1.74. The number of hydrogen-bond acceptors (Lipinski definition) is 3. The third kappa shape index (κ3) is 4.02. The summed E-state index contributed by atoms with van der Waals surface area (Å²) in [6.07, 6.45) is 2.21. The van der Waals surface area contributed by atoms with Gasteiger partial charge >= 0.3 is 0 Å². The van der Waals surface area contributed by atoms with Crippen LogP contribution in [0.1, 0.15) is 18.4 Å². The molecule has 1 aliphatic heterocycles. The van der Waals surface area contributed by atoms with Crippen LogP contribution in [-0.4, -0.2) is 37.0 Å². The van der Waals surface area contributed by atoms with Crippen molar-refractivity contribution < 1.29 is 9.18 Å². The number of amides is 1. The number of piperidine rings is 1. The molecule has 0 radical (unpaired) electrons. The summed E-state index contributed by atoms with van der Waals surface area (Å²) in [6, 6.07) is 4.41. The fourth-order valence-corrected chi connectivity index (χ4v) is 2.61. The first kappa shape index (κ1) is 14.9. The van der Waals surface area contributed by atoms with E-state index in [1.54, 1.807) is 6.07 Å². The SMILES string of the molecule is Cc1ccc(F)cc1NC(=O)CN1CCCC(CN)C1. The molecular weight excluding hydrogens is 257 g/mol. The lowest BCUT2D eigenvalue weighted by Gasteiger charge is -2.31. The zero-order chi connectivity index (χ0) is 14.5. The fraction of sp³-hybridized carbons (Fsp3) is 0.533. The molecule has 0 bridgehead atoms. The van der Waals surface area contributed by atoms with Gasteiger partial charge in [-0.2, -0.15) is 0 Å². The monoisotopic (exact) mass is 279 g/mol. The number of benzene rings is 1. The van der Waals surface area contributed by atoms with Crippen molar-refractivity contribution in [3.63, 3.8) is 0 Å². The zero-order valence-electron chi connectivity index (χ0n) is 11.9. The smallest absolute Gasteiger partial charge is 0.238 e. The van der Waals surface area contributed by atoms with Gasteiger partial charge in [-0.1, -0.05) is 6.07 Å². The van der Waals surface area contributed by atoms with Crippen LogP contribution >= 0.6 is 0 Å². The van der Waals surface area contributed by atoms with Gasteiger partial charge in [-0.25, -0.2) is 4.39 Å². The Morgan fingerprint density at radius 2 is 2.35 bits per heavy atom. The number of nitrogens with zero attached hydrogens (tertiary/aromatic N) is 1. The molecule has 1 amide bonds. The summed E-state index contributed by atoms with van der Waals surface area (Å²) >= 11 is 0. The minimum Gasteiger partial charge on any atom is -0.330 e. The number of carbonyl (C=O) groups is 1. The van der Waals surface area contributed by atoms with Gasteiger partial charge in [0.05, 0.1) is 6.54 Å². The quantitative estimate of drug-likeness (QED) is 0.882. The van der Waals surface area contributed by atoms with E-state index < -0.39 is 0 Å². The van der Waals surface area contributed by atoms with Crippen molar-refractivity contribution in [1.29, 1.82) is 0 Å². The molecule has 4 nitrogen and oxygen atoms in total. The molecule has 3 N–H and O–H groups in total. The first-order valence-electron chi connectivity index (χ1n) is 7.07. The highest BCUT2D eigenvalue weighted by molar-refractivity contribution is 5.92. The molecule has 0 aromatic heterocycles. The number of aryl methyl sites for hydroxylation is 1. The van der Waals surface area contributed by atoms with E-state index in [2.05, 4.69) is 10.2 Å². The Labute approximate surface area is 119 Å². The minimum atomic E-state index is -0.341. The molecule has 1 aliphatic rings. The highest BCUT2D eigenvalue weighted by atomic mass is 19.1. The molecule has 1 unspecified atom stereocenters. The van der Waals surface area contributed by atoms with Crippen LogP contribution in [0, 0.1) is 18.7 Å². The van der Waals surface area contributed by atoms with Crippen molar-refractivity contribution in [2.24, 2.45) is 11.7 Å². The number of nitrogens with two attached hydrogens (primary N) is 1. The van der Waals surface area contributed by atoms with Gasteiger partial charge in [-0.15, -0.1) is 0 Å². The predicted molar refractivity (Wildman–Crippen MR) is 78.0 cm³/mol. The number of rotatable bonds is 4. The summed E-state index contributed by atoms with van der Waals surface area (Å²) in [6.45, 7) is 4.64. The van der Waals surface area contributed by atoms with E-state index in [0.717, 1.165) is 31.5 Å². The number of hydrogen-bond donors (Lipinski definition) is 2. The third-order valence-electron chi connectivity index (χ3n) is 3.78. The van der Waals surface area contributed by atoms with Crippen LogP contribution in [0.2, 0.25) is 0 Å². The molecule has 0 aliphatic carbocycles. The maximum absolute atomic E-state index is 13.2. The third-order valence-corrected chi connectivity index (χ3v) is 3.78. The average molecular weight is 279 g/mol. The maximum Gasteiger partial charge on any atom is 0.238 e. The van der Waals surface area contributed by atoms with Gasteiger partial charge in [-0.3, -0.25) is 9.69 Å². The molecule has 1 saturated heterocycles. The molecule has 110 valence electrons. The van der Waals surface area contributed by atoms with Crippen LogP contribution < -0.4 is 11.1 Å². The molecule has 1 heterocycles. The number of nitrogens with one attached hydrogen (secondary N) is 1. The summed E-state index contributed by atoms with van der Waals surface area (Å²) in [7, 11) is 0. The van der Waals surface area contributed by atoms with Gasteiger partial charge in [0.25, 0.3) is 0 Å². The molecule has 0 spiro atoms. The van der Waals surface area contributed by atoms with Crippen LogP contribution in [0.3, 0.4) is 0 Å². The zero-order valence-corrected chi connectivity index (χ0v) is 11.9. The second kappa shape index (κ2) is 6.81. The van der Waals surface area contributed by atoms with Crippen LogP contribution in [0.15, 0.2) is 18.2 Å². The first-order valence-corrected chi connectivity index (χ1v) is 7.07. The molecule has 1 atom stereocenters. The lowest BCUT2D eigenvalue weighted by molar-refractivity contribution is -0.117. The summed E-state index contributed by atoms with van der Waals surface area (Å²) in [5.74, 6) is 0.0379. The van der Waals surface area contributed by atoms with Crippen LogP contribution in [0.4, 0.5) is 10.1 Å². The first-order chi connectivity index (χ1) is 9.58. The van der Waals surface area contributed by atoms with E-state index in [0.29, 0.717) is 24.7 Å². The van der Waals surface area contributed by atoms with Gasteiger partial charge in [-0.05, 0) is 56.5 Å². The van der Waals surface area contributed by atoms with E-state index in [9.17, 15) is 9.18 Å². The summed E-state index contributed by atoms with van der Waals surface area (Å²) in [5.41, 5.74) is 7.09. The highest BCUT2D eigenvalue weighted by Gasteiger charge is 2.20. The molecule has 1 aromatic carbocycles. The minimum absolute atomic E-state index is 0.101. The van der Waals surface area contributed by atoms with E-state index >= 15 is 0 Å². The van der Waals surface area contributed by atoms with E-state index in [4.69, 9.17) is 5.73 Å². The van der Waals surface area contributed by atoms with Crippen molar-refractivity contribution in [1.82, 2.24) is 4.90 Å². The van der Waals surface area contributed by atoms with E-state index in [-0.39, 0.29) is 11.7 Å². The number of carbonyl (C=O) groups excluding carboxylic acids is 1. The van der Waals surface area contributed by atoms with Crippen LogP contribution in [-0.2, 0) is 4.79 Å². The normalized spacial score (nSPS) is 19.9. The molecule has 1 fully saturated rings. The number of likely N-dealkylation sites (tertiary alicyclic amines) is 1. The van der Waals surface area contributed by atoms with Crippen molar-refractivity contribution >= 4 is 11.6 Å². The Balaban J connectivity index is 1.90. The molecule has 2 rings (SSSR count). The number of anilines is 1. The van der Waals surface area contributed by atoms with E-state index in [1.807, 2.05) is 6.92 Å². The Bertz CT molecular complexity index is 478. The van der Waals surface area contributed by atoms with Crippen molar-refractivity contribution in [3.05, 3.63) is 29.6 Å². The van der Waals surface area contributed by atoms with Gasteiger partial charge in [0.2, 0.25) is 5.91 Å². The Morgan fingerprint density at radius 3 is 3.10 bits per heavy atom. The molecule has 1 aromatic rings. The molecule has 0 saturated carbocycles. The topological polar surface area (TPSA) is 58.4 Å². The van der Waals surface area contributed by atoms with Crippen LogP contribution in [0.25, 0.3) is 0 Å². The second-order valence-electron chi connectivity index (χ2n) is 5.49. The Kier molecular flexibility index (Phi) is 5.09. The lowest BCUT2D eigenvalue weighted by Crippen LogP contribution is -2.42. The second-order valence-corrected chi connectivity index (χ2v) is 5.49. The molecule has 20 heavy (non-hydrogen) atoms. The van der Waals surface area contributed by atoms with Gasteiger partial charge in [0.1, 0.15) is 5.82 Å². The standard InChI is InChI=1S/C15H22FN3O/c1-11-4-5-13(16)7-14(11)18-15(20)10-19-6-2-3-12(8-17)9-19/h4-5,7,12H,2-3,6,8-10,17H2,1H3,(H,18,20). The van der Waals surface area contributed by atoms with Crippen molar-refractivity contribution in [3.8, 4) is 0 Å². The molecule has 5 heteroatoms. The van der Waals surface area contributed by atoms with Gasteiger partial charge in [0.15, 0.2) is 0 Å². The molecular formula is C15H22FN3O.